The van der Waals surface area contributed by atoms with Crippen LogP contribution in [-0.2, 0) is 13.0 Å². The van der Waals surface area contributed by atoms with Crippen LogP contribution >= 0.6 is 0 Å². The molecule has 78 valence electrons. The molecule has 0 atom stereocenters. The number of nitrogens with one attached hydrogen (secondary N) is 1. The summed E-state index contributed by atoms with van der Waals surface area (Å²) in [6, 6.07) is 0. The molecule has 3 nitrogen and oxygen atoms in total. The predicted molar refractivity (Wildman–Crippen MR) is 60.5 cm³/mol. The summed E-state index contributed by atoms with van der Waals surface area (Å²) in [4.78, 5) is 4.50. The summed E-state index contributed by atoms with van der Waals surface area (Å²) in [5.41, 5.74) is 10.5. The van der Waals surface area contributed by atoms with E-state index in [-0.39, 0.29) is 0 Å². The van der Waals surface area contributed by atoms with Crippen molar-refractivity contribution in [2.75, 3.05) is 12.4 Å². The number of aryl methyl sites for hydroxylation is 1. The molecule has 0 saturated heterocycles. The topological polar surface area (TPSA) is 50.9 Å². The second kappa shape index (κ2) is 4.42. The molecule has 1 rings (SSSR count). The van der Waals surface area contributed by atoms with E-state index in [2.05, 4.69) is 24.1 Å². The van der Waals surface area contributed by atoms with Crippen molar-refractivity contribution in [2.24, 2.45) is 5.73 Å². The predicted octanol–water partition coefficient (Wildman–Crippen LogP) is 1.76. The van der Waals surface area contributed by atoms with Crippen molar-refractivity contribution in [2.45, 2.75) is 33.7 Å². The second-order valence-corrected chi connectivity index (χ2v) is 3.44. The Bertz CT molecular complexity index is 332. The van der Waals surface area contributed by atoms with Gasteiger partial charge >= 0.3 is 0 Å². The maximum atomic E-state index is 5.71. The van der Waals surface area contributed by atoms with E-state index < -0.39 is 0 Å². The molecule has 1 aromatic rings. The molecular formula is C11H19N3. The Labute approximate surface area is 85.7 Å². The van der Waals surface area contributed by atoms with E-state index >= 15 is 0 Å². The van der Waals surface area contributed by atoms with Gasteiger partial charge in [0.25, 0.3) is 0 Å². The highest BCUT2D eigenvalue weighted by Crippen LogP contribution is 2.23. The average Bonchev–Trinajstić information content (AvgIpc) is 2.17. The van der Waals surface area contributed by atoms with Gasteiger partial charge < -0.3 is 11.1 Å². The third-order valence-electron chi connectivity index (χ3n) is 2.70. The Morgan fingerprint density at radius 3 is 2.36 bits per heavy atom. The van der Waals surface area contributed by atoms with Crippen LogP contribution in [0.2, 0.25) is 0 Å². The van der Waals surface area contributed by atoms with Crippen LogP contribution in [0.25, 0.3) is 0 Å². The minimum atomic E-state index is 0.571. The lowest BCUT2D eigenvalue weighted by atomic mass is 10.00. The van der Waals surface area contributed by atoms with Crippen LogP contribution in [0.1, 0.15) is 29.3 Å². The number of anilines is 1. The lowest BCUT2D eigenvalue weighted by molar-refractivity contribution is 0.952. The van der Waals surface area contributed by atoms with Gasteiger partial charge in [-0.15, -0.1) is 0 Å². The Kier molecular flexibility index (Phi) is 3.47. The molecule has 3 N–H and O–H groups in total. The summed E-state index contributed by atoms with van der Waals surface area (Å²) in [5, 5.41) is 3.13. The molecule has 1 heterocycles. The fraction of sp³-hybridized carbons (Fsp3) is 0.545. The number of nitrogens with zero attached hydrogens (tertiary/aromatic N) is 1. The molecule has 0 bridgehead atoms. The Morgan fingerprint density at radius 1 is 1.29 bits per heavy atom. The molecule has 0 amide bonds. The molecule has 0 aromatic carbocycles. The smallest absolute Gasteiger partial charge is 0.129 e. The van der Waals surface area contributed by atoms with E-state index in [0.717, 1.165) is 17.9 Å². The normalized spacial score (nSPS) is 10.4. The number of nitrogens with two attached hydrogens (primary N) is 1. The lowest BCUT2D eigenvalue weighted by Crippen LogP contribution is -2.10. The van der Waals surface area contributed by atoms with E-state index in [0.29, 0.717) is 6.54 Å². The molecule has 0 aliphatic heterocycles. The van der Waals surface area contributed by atoms with Crippen molar-refractivity contribution < 1.29 is 0 Å². The molecule has 0 aliphatic carbocycles. The van der Waals surface area contributed by atoms with Crippen molar-refractivity contribution in [1.82, 2.24) is 4.98 Å². The summed E-state index contributed by atoms with van der Waals surface area (Å²) < 4.78 is 0. The zero-order chi connectivity index (χ0) is 10.7. The maximum Gasteiger partial charge on any atom is 0.129 e. The summed E-state index contributed by atoms with van der Waals surface area (Å²) in [6.45, 7) is 6.84. The quantitative estimate of drug-likeness (QED) is 0.769. The van der Waals surface area contributed by atoms with E-state index in [1.54, 1.807) is 0 Å². The van der Waals surface area contributed by atoms with Gasteiger partial charge in [0.2, 0.25) is 0 Å². The molecule has 0 spiro atoms. The van der Waals surface area contributed by atoms with Crippen LogP contribution in [0, 0.1) is 13.8 Å². The van der Waals surface area contributed by atoms with Crippen molar-refractivity contribution in [3.8, 4) is 0 Å². The fourth-order valence-corrected chi connectivity index (χ4v) is 1.87. The number of rotatable bonds is 3. The summed E-state index contributed by atoms with van der Waals surface area (Å²) in [5.74, 6) is 0.986. The number of hydrogen-bond donors (Lipinski definition) is 2. The van der Waals surface area contributed by atoms with Crippen molar-refractivity contribution in [3.05, 3.63) is 22.4 Å². The first-order valence-electron chi connectivity index (χ1n) is 5.02. The molecular weight excluding hydrogens is 174 g/mol. The molecule has 0 unspecified atom stereocenters. The van der Waals surface area contributed by atoms with Crippen molar-refractivity contribution >= 4 is 5.82 Å². The molecule has 14 heavy (non-hydrogen) atoms. The lowest BCUT2D eigenvalue weighted by Gasteiger charge is -2.15. The zero-order valence-corrected chi connectivity index (χ0v) is 9.44. The van der Waals surface area contributed by atoms with E-state index in [4.69, 9.17) is 5.73 Å². The Hall–Kier alpha value is -1.09. The first-order valence-corrected chi connectivity index (χ1v) is 5.02. The van der Waals surface area contributed by atoms with E-state index in [9.17, 15) is 0 Å². The van der Waals surface area contributed by atoms with Gasteiger partial charge in [-0.05, 0) is 37.0 Å². The van der Waals surface area contributed by atoms with Crippen LogP contribution in [0.15, 0.2) is 0 Å². The van der Waals surface area contributed by atoms with Gasteiger partial charge in [-0.1, -0.05) is 6.92 Å². The third kappa shape index (κ3) is 1.73. The van der Waals surface area contributed by atoms with Gasteiger partial charge in [-0.3, -0.25) is 0 Å². The van der Waals surface area contributed by atoms with E-state index in [1.807, 2.05) is 14.0 Å². The number of pyridine rings is 1. The molecule has 1 aromatic heterocycles. The fourth-order valence-electron chi connectivity index (χ4n) is 1.87. The van der Waals surface area contributed by atoms with Gasteiger partial charge in [0.15, 0.2) is 0 Å². The highest BCUT2D eigenvalue weighted by Gasteiger charge is 2.11. The van der Waals surface area contributed by atoms with Crippen LogP contribution in [0.3, 0.4) is 0 Å². The maximum absolute atomic E-state index is 5.71. The van der Waals surface area contributed by atoms with Crippen molar-refractivity contribution in [3.63, 3.8) is 0 Å². The van der Waals surface area contributed by atoms with Gasteiger partial charge in [0.1, 0.15) is 5.82 Å². The average molecular weight is 193 g/mol. The van der Waals surface area contributed by atoms with Gasteiger partial charge in [0, 0.05) is 19.3 Å². The minimum absolute atomic E-state index is 0.571. The second-order valence-electron chi connectivity index (χ2n) is 3.44. The standard InChI is InChI=1S/C11H19N3/c1-5-9-7(2)10(6-12)8(3)14-11(9)13-4/h5-6,12H2,1-4H3,(H,13,14). The zero-order valence-electron chi connectivity index (χ0n) is 9.44. The van der Waals surface area contributed by atoms with E-state index in [1.165, 1.54) is 16.7 Å². The monoisotopic (exact) mass is 193 g/mol. The minimum Gasteiger partial charge on any atom is -0.373 e. The van der Waals surface area contributed by atoms with Crippen LogP contribution in [0.5, 0.6) is 0 Å². The molecule has 3 heteroatoms. The highest BCUT2D eigenvalue weighted by atomic mass is 15.0. The van der Waals surface area contributed by atoms with Crippen LogP contribution in [-0.4, -0.2) is 12.0 Å². The SMILES string of the molecule is CCc1c(NC)nc(C)c(CN)c1C. The summed E-state index contributed by atoms with van der Waals surface area (Å²) in [6.07, 6.45) is 0.988. The van der Waals surface area contributed by atoms with Gasteiger partial charge in [-0.2, -0.15) is 0 Å². The largest absolute Gasteiger partial charge is 0.373 e. The first kappa shape index (κ1) is 11.0. The van der Waals surface area contributed by atoms with Gasteiger partial charge in [-0.25, -0.2) is 4.98 Å². The molecule has 0 fully saturated rings. The first-order chi connectivity index (χ1) is 6.65. The number of aromatic nitrogens is 1. The molecule has 0 radical (unpaired) electrons. The van der Waals surface area contributed by atoms with Crippen LogP contribution < -0.4 is 11.1 Å². The molecule has 0 saturated carbocycles. The summed E-state index contributed by atoms with van der Waals surface area (Å²) in [7, 11) is 1.91. The summed E-state index contributed by atoms with van der Waals surface area (Å²) >= 11 is 0. The van der Waals surface area contributed by atoms with Crippen LogP contribution in [0.4, 0.5) is 5.82 Å². The van der Waals surface area contributed by atoms with Crippen molar-refractivity contribution in [1.29, 1.82) is 0 Å². The third-order valence-corrected chi connectivity index (χ3v) is 2.70. The highest BCUT2D eigenvalue weighted by molar-refractivity contribution is 5.52. The Balaban J connectivity index is 3.39. The number of hydrogen-bond acceptors (Lipinski definition) is 3. The van der Waals surface area contributed by atoms with Gasteiger partial charge in [0.05, 0.1) is 0 Å². The molecule has 0 aliphatic rings. The Morgan fingerprint density at radius 2 is 1.93 bits per heavy atom.